The van der Waals surface area contributed by atoms with Crippen LogP contribution in [-0.4, -0.2) is 5.49 Å². The van der Waals surface area contributed by atoms with Crippen LogP contribution >= 0.6 is 0 Å². The molecule has 4 heteroatoms. The Labute approximate surface area is 248 Å². The van der Waals surface area contributed by atoms with E-state index in [9.17, 15) is 0 Å². The van der Waals surface area contributed by atoms with Crippen LogP contribution in [0.5, 0.6) is 0 Å². The summed E-state index contributed by atoms with van der Waals surface area (Å²) in [6, 6.07) is 16.2. The Morgan fingerprint density at radius 1 is 0.833 bits per heavy atom. The maximum Gasteiger partial charge on any atom is -1.00 e. The van der Waals surface area contributed by atoms with E-state index in [0.717, 1.165) is 6.42 Å². The van der Waals surface area contributed by atoms with Gasteiger partial charge in [-0.3, -0.25) is 6.08 Å². The molecule has 0 nitrogen and oxygen atoms in total. The summed E-state index contributed by atoms with van der Waals surface area (Å²) in [5, 5.41) is 5.48. The molecule has 0 amide bonds. The average molecular weight is 706 g/mol. The Morgan fingerprint density at radius 3 is 1.53 bits per heavy atom. The molecule has 0 fully saturated rings. The molecule has 0 saturated carbocycles. The fourth-order valence-corrected chi connectivity index (χ4v) is 3.98. The van der Waals surface area contributed by atoms with E-state index in [-0.39, 0.29) is 41.1 Å². The Bertz CT molecular complexity index is 1110. The summed E-state index contributed by atoms with van der Waals surface area (Å²) in [6.45, 7) is 22.7. The third kappa shape index (κ3) is 10.3. The van der Waals surface area contributed by atoms with Crippen LogP contribution in [0.1, 0.15) is 79.4 Å². The number of fused-ring (bicyclic) bond motifs is 3. The van der Waals surface area contributed by atoms with Crippen molar-refractivity contribution in [2.45, 2.75) is 92.2 Å². The second kappa shape index (κ2) is 15.1. The maximum absolute atomic E-state index is 3.40. The van der Waals surface area contributed by atoms with Gasteiger partial charge in [-0.2, -0.15) is 6.08 Å². The summed E-state index contributed by atoms with van der Waals surface area (Å²) in [7, 11) is 0. The second-order valence-corrected chi connectivity index (χ2v) is 24.4. The molecular weight excluding hydrogens is 662 g/mol. The van der Waals surface area contributed by atoms with E-state index in [2.05, 4.69) is 129 Å². The van der Waals surface area contributed by atoms with Crippen LogP contribution in [0.25, 0.3) is 21.5 Å². The van der Waals surface area contributed by atoms with E-state index in [1.165, 1.54) is 67.7 Å². The third-order valence-corrected chi connectivity index (χ3v) is 6.16. The fraction of sp³-hybridized carbons (Fsp3) is 0.469. The molecule has 3 aromatic carbocycles. The van der Waals surface area contributed by atoms with E-state index in [1.807, 2.05) is 0 Å². The minimum atomic E-state index is 0. The largest absolute Gasteiger partial charge is 1.00 e. The van der Waals surface area contributed by atoms with Gasteiger partial charge in [0.05, 0.1) is 0 Å². The van der Waals surface area contributed by atoms with Gasteiger partial charge in [0, 0.05) is 0 Å². The molecule has 0 N–H and O–H groups in total. The van der Waals surface area contributed by atoms with Crippen molar-refractivity contribution in [3.8, 4) is 0 Å². The fourth-order valence-electron chi connectivity index (χ4n) is 3.98. The first kappa shape index (κ1) is 35.5. The Morgan fingerprint density at radius 2 is 1.25 bits per heavy atom. The van der Waals surface area contributed by atoms with Gasteiger partial charge >= 0.3 is 41.6 Å². The van der Waals surface area contributed by atoms with Crippen LogP contribution in [0.3, 0.4) is 0 Å². The normalized spacial score (nSPS) is 14.7. The summed E-state index contributed by atoms with van der Waals surface area (Å²) >= 11 is 1.45. The van der Waals surface area contributed by atoms with Crippen molar-refractivity contribution >= 4 is 27.0 Å². The zero-order valence-electron chi connectivity index (χ0n) is 23.9. The molecule has 1 unspecified atom stereocenters. The van der Waals surface area contributed by atoms with Gasteiger partial charge in [0.2, 0.25) is 0 Å². The first-order chi connectivity index (χ1) is 15.8. The van der Waals surface area contributed by atoms with E-state index in [4.69, 9.17) is 0 Å². The van der Waals surface area contributed by atoms with Gasteiger partial charge < -0.3 is 24.8 Å². The van der Waals surface area contributed by atoms with Crippen LogP contribution in [0.2, 0.25) is 13.1 Å². The molecule has 0 spiro atoms. The van der Waals surface area contributed by atoms with Crippen LogP contribution in [-0.2, 0) is 33.8 Å². The zero-order chi connectivity index (χ0) is 25.7. The Kier molecular flexibility index (Phi) is 14.9. The topological polar surface area (TPSA) is 0 Å². The molecule has 4 rings (SSSR count). The molecule has 36 heavy (non-hydrogen) atoms. The molecule has 3 aromatic rings. The molecule has 1 atom stereocenters. The van der Waals surface area contributed by atoms with Gasteiger partial charge in [0.1, 0.15) is 0 Å². The SMILES string of the molecule is CC(C)(C)c1ccc2c(c1)[cH-]c1cc(C(C)(C)C)ccc12.CCC1=[C-]C(CC)C=C1.C[Si](C)=[Hf+2].[Cl-].[Cl-]. The van der Waals surface area contributed by atoms with Crippen molar-refractivity contribution in [1.82, 2.24) is 0 Å². The summed E-state index contributed by atoms with van der Waals surface area (Å²) < 4.78 is 0. The number of halogens is 2. The quantitative estimate of drug-likeness (QED) is 0.281. The van der Waals surface area contributed by atoms with Crippen molar-refractivity contribution in [2.75, 3.05) is 0 Å². The van der Waals surface area contributed by atoms with Crippen molar-refractivity contribution in [3.63, 3.8) is 0 Å². The molecule has 196 valence electrons. The smallest absolute Gasteiger partial charge is 1.00 e. The van der Waals surface area contributed by atoms with E-state index in [1.54, 1.807) is 0 Å². The molecule has 0 heterocycles. The monoisotopic (exact) mass is 706 g/mol. The van der Waals surface area contributed by atoms with Crippen molar-refractivity contribution in [2.24, 2.45) is 5.92 Å². The molecule has 0 radical (unpaired) electrons. The van der Waals surface area contributed by atoms with Gasteiger partial charge in [-0.25, -0.2) is 11.6 Å². The zero-order valence-corrected chi connectivity index (χ0v) is 30.0. The van der Waals surface area contributed by atoms with Gasteiger partial charge in [-0.15, -0.1) is 39.7 Å². The molecule has 1 aliphatic rings. The maximum atomic E-state index is 3.40. The van der Waals surface area contributed by atoms with Gasteiger partial charge in [-0.1, -0.05) is 110 Å². The Hall–Kier alpha value is -0.543. The molecule has 0 bridgehead atoms. The van der Waals surface area contributed by atoms with E-state index in [0.29, 0.717) is 5.92 Å². The Balaban J connectivity index is 0.000000686. The molecule has 0 saturated heterocycles. The van der Waals surface area contributed by atoms with Crippen LogP contribution in [0, 0.1) is 12.0 Å². The number of allylic oxidation sites excluding steroid dienone is 4. The predicted molar refractivity (Wildman–Crippen MR) is 152 cm³/mol. The van der Waals surface area contributed by atoms with Gasteiger partial charge in [0.15, 0.2) is 0 Å². The van der Waals surface area contributed by atoms with Crippen LogP contribution < -0.4 is 24.8 Å². The summed E-state index contributed by atoms with van der Waals surface area (Å²) in [6.07, 6.45) is 10.1. The average Bonchev–Trinajstić information content (AvgIpc) is 3.35. The molecule has 0 aromatic heterocycles. The first-order valence-electron chi connectivity index (χ1n) is 12.7. The van der Waals surface area contributed by atoms with Crippen molar-refractivity contribution in [1.29, 1.82) is 0 Å². The molecule has 1 aliphatic carbocycles. The molecular formula is C32H44Cl2HfSi-2. The van der Waals surface area contributed by atoms with Crippen molar-refractivity contribution in [3.05, 3.63) is 77.4 Å². The number of rotatable bonds is 2. The predicted octanol–water partition coefficient (Wildman–Crippen LogP) is 3.82. The molecule has 0 aliphatic heterocycles. The number of hydrogen-bond donors (Lipinski definition) is 0. The third-order valence-electron chi connectivity index (χ3n) is 6.16. The standard InChI is InChI=1S/C21H25.C9H13.C2H6Si.2ClH.Hf/c1-20(2,3)16-7-9-18-14(12-16)11-15-13-17(21(4,5)6)8-10-19(15)18;1-3-8-5-6-9(4-2)7-8;1-3-2;;;/h7-13H,1-6H3;5-6,8H,3-4H2,1-2H3;1-2H3;2*1H;/q2*-1;;;;+2/p-2. The summed E-state index contributed by atoms with van der Waals surface area (Å²) in [5.41, 5.74) is 4.85. The van der Waals surface area contributed by atoms with Gasteiger partial charge in [0.25, 0.3) is 0 Å². The van der Waals surface area contributed by atoms with Gasteiger partial charge in [-0.05, 0) is 10.8 Å². The van der Waals surface area contributed by atoms with E-state index < -0.39 is 0 Å². The minimum Gasteiger partial charge on any atom is -1.00 e. The summed E-state index contributed by atoms with van der Waals surface area (Å²) in [5.74, 6) is 0.611. The minimum absolute atomic E-state index is 0. The summed E-state index contributed by atoms with van der Waals surface area (Å²) in [4.78, 5) is 0. The van der Waals surface area contributed by atoms with Crippen LogP contribution in [0.15, 0.2) is 60.2 Å². The second-order valence-electron chi connectivity index (χ2n) is 11.6. The first-order valence-corrected chi connectivity index (χ1v) is 20.6. The van der Waals surface area contributed by atoms with E-state index >= 15 is 0 Å². The number of benzene rings is 2. The number of hydrogen-bond acceptors (Lipinski definition) is 0. The van der Waals surface area contributed by atoms with Crippen LogP contribution in [0.4, 0.5) is 0 Å². The van der Waals surface area contributed by atoms with Crippen molar-refractivity contribution < 1.29 is 47.8 Å².